The van der Waals surface area contributed by atoms with Crippen LogP contribution in [0.1, 0.15) is 16.1 Å². The third-order valence-electron chi connectivity index (χ3n) is 2.41. The average molecular weight is 261 g/mol. The van der Waals surface area contributed by atoms with Crippen LogP contribution in [0, 0.1) is 5.82 Å². The van der Waals surface area contributed by atoms with Gasteiger partial charge < -0.3 is 10.1 Å². The summed E-state index contributed by atoms with van der Waals surface area (Å²) in [7, 11) is 1.29. The molecule has 0 aliphatic rings. The molecule has 0 fully saturated rings. The first-order chi connectivity index (χ1) is 9.19. The van der Waals surface area contributed by atoms with Crippen LogP contribution in [0.5, 0.6) is 0 Å². The molecule has 5 nitrogen and oxygen atoms in total. The molecule has 1 heterocycles. The smallest absolute Gasteiger partial charge is 0.356 e. The minimum atomic E-state index is -0.521. The summed E-state index contributed by atoms with van der Waals surface area (Å²) in [5.74, 6) is -0.493. The van der Waals surface area contributed by atoms with Crippen LogP contribution in [0.25, 0.3) is 0 Å². The van der Waals surface area contributed by atoms with E-state index in [4.69, 9.17) is 0 Å². The van der Waals surface area contributed by atoms with Crippen LogP contribution in [0.2, 0.25) is 0 Å². The molecule has 0 unspecified atom stereocenters. The zero-order chi connectivity index (χ0) is 13.7. The van der Waals surface area contributed by atoms with Gasteiger partial charge in [0.25, 0.3) is 0 Å². The molecule has 0 amide bonds. The quantitative estimate of drug-likeness (QED) is 0.853. The lowest BCUT2D eigenvalue weighted by Crippen LogP contribution is -2.09. The molecule has 2 rings (SSSR count). The molecule has 1 aromatic heterocycles. The van der Waals surface area contributed by atoms with E-state index in [0.29, 0.717) is 12.5 Å². The molecule has 0 aliphatic heterocycles. The number of hydrogen-bond acceptors (Lipinski definition) is 5. The van der Waals surface area contributed by atoms with Crippen molar-refractivity contribution in [2.24, 2.45) is 0 Å². The molecule has 0 spiro atoms. The van der Waals surface area contributed by atoms with Gasteiger partial charge in [-0.1, -0.05) is 12.1 Å². The molecule has 0 saturated carbocycles. The van der Waals surface area contributed by atoms with Gasteiger partial charge in [-0.3, -0.25) is 0 Å². The van der Waals surface area contributed by atoms with Crippen molar-refractivity contribution in [3.8, 4) is 0 Å². The highest BCUT2D eigenvalue weighted by Crippen LogP contribution is 2.06. The van der Waals surface area contributed by atoms with Crippen molar-refractivity contribution in [2.45, 2.75) is 6.54 Å². The van der Waals surface area contributed by atoms with Gasteiger partial charge in [-0.25, -0.2) is 19.2 Å². The molecule has 1 N–H and O–H groups in total. The predicted octanol–water partition coefficient (Wildman–Crippen LogP) is 2.01. The topological polar surface area (TPSA) is 64.1 Å². The lowest BCUT2D eigenvalue weighted by molar-refractivity contribution is 0.0594. The fourth-order valence-electron chi connectivity index (χ4n) is 1.45. The van der Waals surface area contributed by atoms with Crippen LogP contribution in [0.4, 0.5) is 10.3 Å². The highest BCUT2D eigenvalue weighted by molar-refractivity contribution is 5.87. The van der Waals surface area contributed by atoms with E-state index in [1.807, 2.05) is 0 Å². The van der Waals surface area contributed by atoms with E-state index in [1.54, 1.807) is 12.1 Å². The van der Waals surface area contributed by atoms with Crippen molar-refractivity contribution >= 4 is 11.9 Å². The molecular formula is C13H12FN3O2. The first-order valence-electron chi connectivity index (χ1n) is 5.58. The van der Waals surface area contributed by atoms with Gasteiger partial charge in [0.15, 0.2) is 5.69 Å². The average Bonchev–Trinajstić information content (AvgIpc) is 2.46. The number of halogens is 1. The van der Waals surface area contributed by atoms with Gasteiger partial charge in [0, 0.05) is 12.7 Å². The summed E-state index contributed by atoms with van der Waals surface area (Å²) in [6.45, 7) is 0.435. The molecule has 2 aromatic rings. The molecule has 0 bridgehead atoms. The van der Waals surface area contributed by atoms with Crippen molar-refractivity contribution in [3.05, 3.63) is 53.6 Å². The molecule has 0 radical (unpaired) electrons. The normalized spacial score (nSPS) is 10.0. The summed E-state index contributed by atoms with van der Waals surface area (Å²) in [5.41, 5.74) is 1.06. The van der Waals surface area contributed by atoms with E-state index in [9.17, 15) is 9.18 Å². The Balaban J connectivity index is 2.03. The fraction of sp³-hybridized carbons (Fsp3) is 0.154. The number of methoxy groups -OCH3 is 1. The summed E-state index contributed by atoms with van der Waals surface area (Å²) in [4.78, 5) is 19.3. The second-order valence-corrected chi connectivity index (χ2v) is 3.74. The zero-order valence-electron chi connectivity index (χ0n) is 10.3. The Labute approximate surface area is 109 Å². The number of anilines is 1. The lowest BCUT2D eigenvalue weighted by Gasteiger charge is -2.05. The Morgan fingerprint density at radius 1 is 1.32 bits per heavy atom. The Hall–Kier alpha value is -2.50. The number of nitrogens with one attached hydrogen (secondary N) is 1. The number of hydrogen-bond donors (Lipinski definition) is 1. The third-order valence-corrected chi connectivity index (χ3v) is 2.41. The first kappa shape index (κ1) is 12.9. The van der Waals surface area contributed by atoms with Gasteiger partial charge in [0.1, 0.15) is 5.82 Å². The van der Waals surface area contributed by atoms with E-state index in [2.05, 4.69) is 20.0 Å². The Bertz CT molecular complexity index is 572. The van der Waals surface area contributed by atoms with E-state index in [1.165, 1.54) is 31.5 Å². The van der Waals surface area contributed by atoms with E-state index in [0.717, 1.165) is 5.56 Å². The number of carbonyl (C=O) groups excluding carboxylic acids is 1. The molecule has 0 aliphatic carbocycles. The van der Waals surface area contributed by atoms with Crippen molar-refractivity contribution in [3.63, 3.8) is 0 Å². The molecule has 0 saturated heterocycles. The van der Waals surface area contributed by atoms with Crippen LogP contribution < -0.4 is 5.32 Å². The lowest BCUT2D eigenvalue weighted by atomic mass is 10.2. The first-order valence-corrected chi connectivity index (χ1v) is 5.58. The third kappa shape index (κ3) is 3.48. The highest BCUT2D eigenvalue weighted by Gasteiger charge is 2.08. The van der Waals surface area contributed by atoms with Gasteiger partial charge >= 0.3 is 5.97 Å². The van der Waals surface area contributed by atoms with Crippen LogP contribution in [-0.4, -0.2) is 23.0 Å². The maximum Gasteiger partial charge on any atom is 0.356 e. The summed E-state index contributed by atoms with van der Waals surface area (Å²) in [6, 6.07) is 7.54. The number of esters is 1. The Morgan fingerprint density at radius 3 is 2.74 bits per heavy atom. The minimum absolute atomic E-state index is 0.180. The standard InChI is InChI=1S/C13H12FN3O2/c1-19-12(18)11-6-7-15-13(17-11)16-8-9-2-4-10(14)5-3-9/h2-7H,8H2,1H3,(H,15,16,17). The molecule has 6 heteroatoms. The molecule has 19 heavy (non-hydrogen) atoms. The maximum absolute atomic E-state index is 12.7. The molecule has 0 atom stereocenters. The highest BCUT2D eigenvalue weighted by atomic mass is 19.1. The van der Waals surface area contributed by atoms with Gasteiger partial charge in [-0.2, -0.15) is 0 Å². The monoisotopic (exact) mass is 261 g/mol. The van der Waals surface area contributed by atoms with Gasteiger partial charge in [0.05, 0.1) is 7.11 Å². The van der Waals surface area contributed by atoms with Crippen molar-refractivity contribution in [1.29, 1.82) is 0 Å². The van der Waals surface area contributed by atoms with Crippen molar-refractivity contribution in [1.82, 2.24) is 9.97 Å². The zero-order valence-corrected chi connectivity index (χ0v) is 10.3. The summed E-state index contributed by atoms with van der Waals surface area (Å²) < 4.78 is 17.3. The number of carbonyl (C=O) groups is 1. The Morgan fingerprint density at radius 2 is 2.05 bits per heavy atom. The number of benzene rings is 1. The Kier molecular flexibility index (Phi) is 4.02. The van der Waals surface area contributed by atoms with E-state index in [-0.39, 0.29) is 11.5 Å². The number of nitrogens with zero attached hydrogens (tertiary/aromatic N) is 2. The largest absolute Gasteiger partial charge is 0.464 e. The molecule has 1 aromatic carbocycles. The predicted molar refractivity (Wildman–Crippen MR) is 67.1 cm³/mol. The SMILES string of the molecule is COC(=O)c1ccnc(NCc2ccc(F)cc2)n1. The molecule has 98 valence electrons. The van der Waals surface area contributed by atoms with Crippen molar-refractivity contribution < 1.29 is 13.9 Å². The van der Waals surface area contributed by atoms with Crippen LogP contribution in [-0.2, 0) is 11.3 Å². The van der Waals surface area contributed by atoms with Crippen LogP contribution >= 0.6 is 0 Å². The van der Waals surface area contributed by atoms with Gasteiger partial charge in [-0.15, -0.1) is 0 Å². The van der Waals surface area contributed by atoms with Crippen LogP contribution in [0.3, 0.4) is 0 Å². The van der Waals surface area contributed by atoms with Crippen LogP contribution in [0.15, 0.2) is 36.5 Å². The number of rotatable bonds is 4. The molecular weight excluding hydrogens is 249 g/mol. The summed E-state index contributed by atoms with van der Waals surface area (Å²) >= 11 is 0. The summed E-state index contributed by atoms with van der Waals surface area (Å²) in [6.07, 6.45) is 1.46. The maximum atomic E-state index is 12.7. The van der Waals surface area contributed by atoms with Gasteiger partial charge in [-0.05, 0) is 23.8 Å². The number of ether oxygens (including phenoxy) is 1. The number of aromatic nitrogens is 2. The van der Waals surface area contributed by atoms with E-state index < -0.39 is 5.97 Å². The minimum Gasteiger partial charge on any atom is -0.464 e. The van der Waals surface area contributed by atoms with Gasteiger partial charge in [0.2, 0.25) is 5.95 Å². The van der Waals surface area contributed by atoms with E-state index >= 15 is 0 Å². The second kappa shape index (κ2) is 5.90. The van der Waals surface area contributed by atoms with Crippen molar-refractivity contribution in [2.75, 3.05) is 12.4 Å². The summed E-state index contributed by atoms with van der Waals surface area (Å²) in [5, 5.41) is 2.95. The fourth-order valence-corrected chi connectivity index (χ4v) is 1.45. The second-order valence-electron chi connectivity index (χ2n) is 3.74.